The van der Waals surface area contributed by atoms with Gasteiger partial charge in [0, 0.05) is 4.88 Å². The summed E-state index contributed by atoms with van der Waals surface area (Å²) in [6.45, 7) is 3.89. The van der Waals surface area contributed by atoms with Crippen LogP contribution in [0.5, 0.6) is 0 Å². The fraction of sp³-hybridized carbons (Fsp3) is 0.182. The molecule has 7 heteroatoms. The van der Waals surface area contributed by atoms with Crippen LogP contribution in [0, 0.1) is 13.8 Å². The van der Waals surface area contributed by atoms with E-state index in [2.05, 4.69) is 15.3 Å². The van der Waals surface area contributed by atoms with Crippen LogP contribution in [0.15, 0.2) is 12.3 Å². The number of thiazole rings is 1. The van der Waals surface area contributed by atoms with Crippen molar-refractivity contribution >= 4 is 33.9 Å². The Morgan fingerprint density at radius 3 is 2.72 bits per heavy atom. The Morgan fingerprint density at radius 1 is 1.44 bits per heavy atom. The van der Waals surface area contributed by atoms with Gasteiger partial charge in [0.2, 0.25) is 0 Å². The Kier molecular flexibility index (Phi) is 3.15. The molecular weight excluding hydrogens is 250 g/mol. The van der Waals surface area contributed by atoms with Crippen molar-refractivity contribution in [1.29, 1.82) is 0 Å². The summed E-state index contributed by atoms with van der Waals surface area (Å²) < 4.78 is 0. The fourth-order valence-electron chi connectivity index (χ4n) is 1.40. The molecule has 0 aliphatic heterocycles. The summed E-state index contributed by atoms with van der Waals surface area (Å²) in [6.07, 6.45) is 1.46. The van der Waals surface area contributed by atoms with Gasteiger partial charge in [-0.25, -0.2) is 9.97 Å². The van der Waals surface area contributed by atoms with Crippen LogP contribution in [0.25, 0.3) is 0 Å². The highest BCUT2D eigenvalue weighted by molar-refractivity contribution is 7.15. The molecule has 0 saturated carbocycles. The van der Waals surface area contributed by atoms with E-state index in [0.717, 1.165) is 10.6 Å². The number of nitrogens with two attached hydrogens (primary N) is 2. The zero-order valence-electron chi connectivity index (χ0n) is 10.0. The average molecular weight is 263 g/mol. The molecule has 0 aliphatic carbocycles. The van der Waals surface area contributed by atoms with Gasteiger partial charge in [-0.2, -0.15) is 0 Å². The third-order valence-corrected chi connectivity index (χ3v) is 3.42. The van der Waals surface area contributed by atoms with Crippen molar-refractivity contribution in [3.05, 3.63) is 28.4 Å². The number of carbonyl (C=O) groups excluding carboxylic acids is 1. The molecule has 2 heterocycles. The van der Waals surface area contributed by atoms with Crippen LogP contribution in [-0.2, 0) is 0 Å². The maximum Gasteiger partial charge on any atom is 0.252 e. The molecule has 1 amide bonds. The number of rotatable bonds is 3. The van der Waals surface area contributed by atoms with Crippen molar-refractivity contribution in [3.63, 3.8) is 0 Å². The van der Waals surface area contributed by atoms with Gasteiger partial charge in [0.05, 0.1) is 23.1 Å². The molecule has 0 aliphatic rings. The van der Waals surface area contributed by atoms with E-state index in [4.69, 9.17) is 11.5 Å². The molecule has 0 spiro atoms. The first-order valence-corrected chi connectivity index (χ1v) is 6.05. The minimum absolute atomic E-state index is 0.250. The number of hydrogen-bond acceptors (Lipinski definition) is 6. The summed E-state index contributed by atoms with van der Waals surface area (Å²) in [6, 6.07) is 1.49. The van der Waals surface area contributed by atoms with Crippen LogP contribution in [0.4, 0.5) is 16.6 Å². The molecule has 2 rings (SSSR count). The van der Waals surface area contributed by atoms with E-state index in [1.807, 2.05) is 13.8 Å². The number of primary amides is 1. The third-order valence-electron chi connectivity index (χ3n) is 2.43. The number of anilines is 3. The number of aromatic nitrogens is 2. The summed E-state index contributed by atoms with van der Waals surface area (Å²) in [5.41, 5.74) is 12.4. The second-order valence-corrected chi connectivity index (χ2v) is 5.02. The van der Waals surface area contributed by atoms with Crippen molar-refractivity contribution in [1.82, 2.24) is 9.97 Å². The molecular formula is C11H13N5OS. The number of aryl methyl sites for hydroxylation is 2. The monoisotopic (exact) mass is 263 g/mol. The lowest BCUT2D eigenvalue weighted by Crippen LogP contribution is -2.14. The SMILES string of the molecule is Cc1nc(Nc2ncc(N)cc2C(N)=O)sc1C. The Hall–Kier alpha value is -2.15. The largest absolute Gasteiger partial charge is 0.397 e. The highest BCUT2D eigenvalue weighted by Gasteiger charge is 2.12. The minimum atomic E-state index is -0.581. The van der Waals surface area contributed by atoms with Crippen LogP contribution in [0.3, 0.4) is 0 Å². The summed E-state index contributed by atoms with van der Waals surface area (Å²) in [5.74, 6) is -0.215. The number of nitrogen functional groups attached to an aromatic ring is 1. The van der Waals surface area contributed by atoms with Gasteiger partial charge in [0.25, 0.3) is 5.91 Å². The van der Waals surface area contributed by atoms with E-state index < -0.39 is 5.91 Å². The lowest BCUT2D eigenvalue weighted by Gasteiger charge is -2.06. The molecule has 0 atom stereocenters. The molecule has 2 aromatic heterocycles. The Balaban J connectivity index is 2.36. The van der Waals surface area contributed by atoms with E-state index >= 15 is 0 Å². The standard InChI is InChI=1S/C11H13N5OS/c1-5-6(2)18-11(15-5)16-10-8(9(13)17)3-7(12)4-14-10/h3-4H,12H2,1-2H3,(H2,13,17)(H,14,15,16). The van der Waals surface area contributed by atoms with E-state index in [-0.39, 0.29) is 5.56 Å². The first-order chi connectivity index (χ1) is 8.47. The third kappa shape index (κ3) is 2.40. The lowest BCUT2D eigenvalue weighted by atomic mass is 10.2. The molecule has 0 bridgehead atoms. The maximum absolute atomic E-state index is 11.3. The second-order valence-electron chi connectivity index (χ2n) is 3.81. The van der Waals surface area contributed by atoms with Gasteiger partial charge >= 0.3 is 0 Å². The van der Waals surface area contributed by atoms with Gasteiger partial charge in [-0.1, -0.05) is 0 Å². The molecule has 5 N–H and O–H groups in total. The summed E-state index contributed by atoms with van der Waals surface area (Å²) in [7, 11) is 0. The van der Waals surface area contributed by atoms with Crippen LogP contribution >= 0.6 is 11.3 Å². The molecule has 0 unspecified atom stereocenters. The Bertz CT molecular complexity index is 588. The van der Waals surface area contributed by atoms with Crippen molar-refractivity contribution in [2.24, 2.45) is 5.73 Å². The molecule has 2 aromatic rings. The lowest BCUT2D eigenvalue weighted by molar-refractivity contribution is 0.100. The first kappa shape index (κ1) is 12.3. The Labute approximate surface area is 108 Å². The molecule has 0 fully saturated rings. The zero-order chi connectivity index (χ0) is 13.3. The predicted octanol–water partition coefficient (Wildman–Crippen LogP) is 1.58. The van der Waals surface area contributed by atoms with Gasteiger partial charge in [0.15, 0.2) is 5.13 Å². The van der Waals surface area contributed by atoms with Gasteiger partial charge in [0.1, 0.15) is 5.82 Å². The van der Waals surface area contributed by atoms with Crippen LogP contribution in [-0.4, -0.2) is 15.9 Å². The Morgan fingerprint density at radius 2 is 2.17 bits per heavy atom. The molecule has 94 valence electrons. The highest BCUT2D eigenvalue weighted by atomic mass is 32.1. The van der Waals surface area contributed by atoms with Crippen molar-refractivity contribution in [2.75, 3.05) is 11.1 Å². The van der Waals surface area contributed by atoms with Gasteiger partial charge < -0.3 is 16.8 Å². The van der Waals surface area contributed by atoms with Gasteiger partial charge in [-0.15, -0.1) is 11.3 Å². The minimum Gasteiger partial charge on any atom is -0.397 e. The van der Waals surface area contributed by atoms with E-state index in [1.54, 1.807) is 0 Å². The fourth-order valence-corrected chi connectivity index (χ4v) is 2.21. The second kappa shape index (κ2) is 4.61. The van der Waals surface area contributed by atoms with Crippen LogP contribution in [0.2, 0.25) is 0 Å². The van der Waals surface area contributed by atoms with E-state index in [9.17, 15) is 4.79 Å². The van der Waals surface area contributed by atoms with Gasteiger partial charge in [-0.3, -0.25) is 4.79 Å². The number of nitrogens with zero attached hydrogens (tertiary/aromatic N) is 2. The number of carbonyl (C=O) groups is 1. The highest BCUT2D eigenvalue weighted by Crippen LogP contribution is 2.26. The van der Waals surface area contributed by atoms with E-state index in [0.29, 0.717) is 16.6 Å². The number of nitrogens with one attached hydrogen (secondary N) is 1. The molecule has 18 heavy (non-hydrogen) atoms. The van der Waals surface area contributed by atoms with Crippen molar-refractivity contribution in [2.45, 2.75) is 13.8 Å². The normalized spacial score (nSPS) is 10.3. The van der Waals surface area contributed by atoms with Crippen molar-refractivity contribution in [3.8, 4) is 0 Å². The summed E-state index contributed by atoms with van der Waals surface area (Å²) in [4.78, 5) is 20.8. The summed E-state index contributed by atoms with van der Waals surface area (Å²) in [5, 5.41) is 3.65. The molecule has 0 radical (unpaired) electrons. The number of pyridine rings is 1. The molecule has 0 aromatic carbocycles. The average Bonchev–Trinajstić information content (AvgIpc) is 2.60. The molecule has 6 nitrogen and oxygen atoms in total. The zero-order valence-corrected chi connectivity index (χ0v) is 10.8. The van der Waals surface area contributed by atoms with Crippen molar-refractivity contribution < 1.29 is 4.79 Å². The number of hydrogen-bond donors (Lipinski definition) is 3. The quantitative estimate of drug-likeness (QED) is 0.779. The van der Waals surface area contributed by atoms with Gasteiger partial charge in [-0.05, 0) is 19.9 Å². The maximum atomic E-state index is 11.3. The first-order valence-electron chi connectivity index (χ1n) is 5.23. The van der Waals surface area contributed by atoms with E-state index in [1.165, 1.54) is 23.6 Å². The molecule has 0 saturated heterocycles. The van der Waals surface area contributed by atoms with Crippen LogP contribution in [0.1, 0.15) is 20.9 Å². The van der Waals surface area contributed by atoms with Crippen LogP contribution < -0.4 is 16.8 Å². The smallest absolute Gasteiger partial charge is 0.252 e. The number of amides is 1. The predicted molar refractivity (Wildman–Crippen MR) is 72.0 cm³/mol. The summed E-state index contributed by atoms with van der Waals surface area (Å²) >= 11 is 1.49. The topological polar surface area (TPSA) is 107 Å².